The van der Waals surface area contributed by atoms with Crippen molar-refractivity contribution in [3.63, 3.8) is 0 Å². The van der Waals surface area contributed by atoms with E-state index in [1.807, 2.05) is 12.3 Å². The first kappa shape index (κ1) is 14.5. The van der Waals surface area contributed by atoms with Gasteiger partial charge in [0.1, 0.15) is 5.82 Å². The van der Waals surface area contributed by atoms with Gasteiger partial charge in [-0.3, -0.25) is 10.7 Å². The molecule has 2 heterocycles. The van der Waals surface area contributed by atoms with Crippen molar-refractivity contribution in [1.82, 2.24) is 15.9 Å². The first-order chi connectivity index (χ1) is 11.3. The summed E-state index contributed by atoms with van der Waals surface area (Å²) in [5, 5.41) is 17.2. The third-order valence-electron chi connectivity index (χ3n) is 4.94. The summed E-state index contributed by atoms with van der Waals surface area (Å²) in [5.41, 5.74) is 8.81. The van der Waals surface area contributed by atoms with E-state index in [0.717, 1.165) is 54.9 Å². The predicted octanol–water partition coefficient (Wildman–Crippen LogP) is 2.53. The summed E-state index contributed by atoms with van der Waals surface area (Å²) in [6, 6.07) is 4.74. The maximum atomic E-state index is 9.10. The number of nitrogens with zero attached hydrogens (tertiary/aromatic N) is 2. The topological polar surface area (TPSA) is 81.6 Å². The number of hydrazone groups is 1. The van der Waals surface area contributed by atoms with Crippen molar-refractivity contribution < 1.29 is 5.21 Å². The van der Waals surface area contributed by atoms with E-state index in [1.54, 1.807) is 0 Å². The van der Waals surface area contributed by atoms with Crippen LogP contribution < -0.4 is 16.2 Å². The molecule has 1 aromatic rings. The molecule has 23 heavy (non-hydrogen) atoms. The minimum Gasteiger partial charge on any atom is -0.367 e. The average molecular weight is 313 g/mol. The van der Waals surface area contributed by atoms with Crippen molar-refractivity contribution >= 4 is 11.5 Å². The molecule has 1 aromatic heterocycles. The molecule has 6 nitrogen and oxygen atoms in total. The Balaban J connectivity index is 1.48. The van der Waals surface area contributed by atoms with E-state index < -0.39 is 0 Å². The highest BCUT2D eigenvalue weighted by atomic mass is 16.5. The largest absolute Gasteiger partial charge is 0.367 e. The highest BCUT2D eigenvalue weighted by Crippen LogP contribution is 2.33. The molecule has 0 radical (unpaired) electrons. The minimum absolute atomic E-state index is 0.0126. The van der Waals surface area contributed by atoms with Gasteiger partial charge in [-0.15, -0.1) is 0 Å². The van der Waals surface area contributed by atoms with Crippen LogP contribution >= 0.6 is 0 Å². The van der Waals surface area contributed by atoms with E-state index in [2.05, 4.69) is 38.5 Å². The standard InChI is InChI=1S/C17H23N5O/c23-21-14-2-1-7-17(8-5-14)11-15(20-22-17)12-6-9-18-16(10-12)19-13-3-4-13/h5-6,9-10,13,21-23H,1-4,7-8,11H2,(H,18,19). The van der Waals surface area contributed by atoms with Crippen LogP contribution in [0.3, 0.4) is 0 Å². The van der Waals surface area contributed by atoms with Crippen LogP contribution in [-0.2, 0) is 0 Å². The molecule has 0 bridgehead atoms. The summed E-state index contributed by atoms with van der Waals surface area (Å²) in [4.78, 5) is 4.40. The van der Waals surface area contributed by atoms with Gasteiger partial charge in [-0.1, -0.05) is 6.08 Å². The lowest BCUT2D eigenvalue weighted by atomic mass is 9.86. The van der Waals surface area contributed by atoms with Crippen LogP contribution in [0.25, 0.3) is 0 Å². The van der Waals surface area contributed by atoms with E-state index in [9.17, 15) is 0 Å². The lowest BCUT2D eigenvalue weighted by molar-refractivity contribution is 0.195. The Morgan fingerprint density at radius 3 is 3.09 bits per heavy atom. The number of hydrogen-bond donors (Lipinski definition) is 4. The lowest BCUT2D eigenvalue weighted by Gasteiger charge is -2.26. The van der Waals surface area contributed by atoms with Gasteiger partial charge in [0.2, 0.25) is 0 Å². The summed E-state index contributed by atoms with van der Waals surface area (Å²) in [6.07, 6.45) is 11.2. The first-order valence-corrected chi connectivity index (χ1v) is 8.42. The molecule has 0 amide bonds. The van der Waals surface area contributed by atoms with Gasteiger partial charge in [0.25, 0.3) is 0 Å². The minimum atomic E-state index is -0.0126. The van der Waals surface area contributed by atoms with Gasteiger partial charge in [-0.25, -0.2) is 4.98 Å². The average Bonchev–Trinajstić information content (AvgIpc) is 3.31. The van der Waals surface area contributed by atoms with Gasteiger partial charge in [0.15, 0.2) is 0 Å². The molecular formula is C17H23N5O. The van der Waals surface area contributed by atoms with Crippen molar-refractivity contribution in [3.05, 3.63) is 35.7 Å². The monoisotopic (exact) mass is 313 g/mol. The predicted molar refractivity (Wildman–Crippen MR) is 89.4 cm³/mol. The molecule has 1 fully saturated rings. The molecule has 1 saturated carbocycles. The Bertz CT molecular complexity index is 652. The summed E-state index contributed by atoms with van der Waals surface area (Å²) < 4.78 is 0. The number of rotatable bonds is 4. The highest BCUT2D eigenvalue weighted by Gasteiger charge is 2.36. The molecule has 1 atom stereocenters. The molecule has 122 valence electrons. The van der Waals surface area contributed by atoms with Gasteiger partial charge in [-0.2, -0.15) is 5.10 Å². The van der Waals surface area contributed by atoms with Crippen molar-refractivity contribution in [2.45, 2.75) is 56.5 Å². The number of allylic oxidation sites excluding steroid dienone is 1. The number of pyridine rings is 1. The van der Waals surface area contributed by atoms with Gasteiger partial charge in [0, 0.05) is 29.9 Å². The fourth-order valence-corrected chi connectivity index (χ4v) is 3.38. The van der Waals surface area contributed by atoms with Gasteiger partial charge in [0.05, 0.1) is 11.3 Å². The van der Waals surface area contributed by atoms with Crippen molar-refractivity contribution in [1.29, 1.82) is 0 Å². The SMILES string of the molecule is ONC1=CCC2(CCC1)CC(c1ccnc(NC3CC3)c1)=NN2. The number of aromatic nitrogens is 1. The molecule has 4 N–H and O–H groups in total. The number of anilines is 1. The molecular weight excluding hydrogens is 290 g/mol. The van der Waals surface area contributed by atoms with Gasteiger partial charge < -0.3 is 10.7 Å². The summed E-state index contributed by atoms with van der Waals surface area (Å²) in [6.45, 7) is 0. The maximum absolute atomic E-state index is 9.10. The Morgan fingerprint density at radius 2 is 2.26 bits per heavy atom. The maximum Gasteiger partial charge on any atom is 0.126 e. The van der Waals surface area contributed by atoms with Crippen LogP contribution in [0, 0.1) is 0 Å². The second-order valence-corrected chi connectivity index (χ2v) is 6.87. The normalized spacial score (nSPS) is 27.0. The van der Waals surface area contributed by atoms with E-state index in [0.29, 0.717) is 6.04 Å². The summed E-state index contributed by atoms with van der Waals surface area (Å²) >= 11 is 0. The lowest BCUT2D eigenvalue weighted by Crippen LogP contribution is -2.38. The van der Waals surface area contributed by atoms with Gasteiger partial charge in [-0.05, 0) is 50.7 Å². The molecule has 2 aliphatic carbocycles. The highest BCUT2D eigenvalue weighted by molar-refractivity contribution is 6.02. The van der Waals surface area contributed by atoms with Crippen LogP contribution in [-0.4, -0.2) is 27.5 Å². The van der Waals surface area contributed by atoms with E-state index >= 15 is 0 Å². The first-order valence-electron chi connectivity index (χ1n) is 8.42. The van der Waals surface area contributed by atoms with Crippen molar-refractivity contribution in [2.24, 2.45) is 5.10 Å². The Hall–Kier alpha value is -2.08. The van der Waals surface area contributed by atoms with Crippen LogP contribution in [0.4, 0.5) is 5.82 Å². The Labute approximate surface area is 136 Å². The number of nitrogens with one attached hydrogen (secondary N) is 3. The van der Waals surface area contributed by atoms with Crippen LogP contribution in [0.5, 0.6) is 0 Å². The Kier molecular flexibility index (Phi) is 3.69. The fourth-order valence-electron chi connectivity index (χ4n) is 3.38. The molecule has 6 heteroatoms. The zero-order valence-corrected chi connectivity index (χ0v) is 13.2. The van der Waals surface area contributed by atoms with Crippen molar-refractivity contribution in [2.75, 3.05) is 5.32 Å². The number of hydrogen-bond acceptors (Lipinski definition) is 6. The summed E-state index contributed by atoms with van der Waals surface area (Å²) in [5.74, 6) is 0.946. The zero-order chi connectivity index (χ0) is 15.7. The second-order valence-electron chi connectivity index (χ2n) is 6.87. The quantitative estimate of drug-likeness (QED) is 0.642. The fraction of sp³-hybridized carbons (Fsp3) is 0.529. The number of hydroxylamine groups is 1. The third kappa shape index (κ3) is 3.17. The molecule has 1 aliphatic heterocycles. The molecule has 0 aromatic carbocycles. The molecule has 0 saturated heterocycles. The molecule has 1 spiro atoms. The molecule has 4 rings (SSSR count). The van der Waals surface area contributed by atoms with Gasteiger partial charge >= 0.3 is 0 Å². The smallest absolute Gasteiger partial charge is 0.126 e. The van der Waals surface area contributed by atoms with E-state index in [4.69, 9.17) is 5.21 Å². The molecule has 1 unspecified atom stereocenters. The third-order valence-corrected chi connectivity index (χ3v) is 4.94. The molecule has 3 aliphatic rings. The second kappa shape index (κ2) is 5.85. The zero-order valence-electron chi connectivity index (χ0n) is 13.2. The van der Waals surface area contributed by atoms with E-state index in [-0.39, 0.29) is 5.54 Å². The summed E-state index contributed by atoms with van der Waals surface area (Å²) in [7, 11) is 0. The Morgan fingerprint density at radius 1 is 1.35 bits per heavy atom. The van der Waals surface area contributed by atoms with Crippen LogP contribution in [0.2, 0.25) is 0 Å². The van der Waals surface area contributed by atoms with Crippen LogP contribution in [0.15, 0.2) is 35.2 Å². The van der Waals surface area contributed by atoms with E-state index in [1.165, 1.54) is 12.8 Å². The van der Waals surface area contributed by atoms with Crippen molar-refractivity contribution in [3.8, 4) is 0 Å². The van der Waals surface area contributed by atoms with Crippen LogP contribution in [0.1, 0.15) is 50.5 Å².